The molecule has 6 heteroatoms. The van der Waals surface area contributed by atoms with Crippen LogP contribution >= 0.6 is 0 Å². The maximum atomic E-state index is 12.6. The highest BCUT2D eigenvalue weighted by Gasteiger charge is 2.37. The number of hydrogen-bond donors (Lipinski definition) is 1. The first-order valence-electron chi connectivity index (χ1n) is 7.13. The monoisotopic (exact) mass is 275 g/mol. The zero-order chi connectivity index (χ0) is 13.0. The van der Waals surface area contributed by atoms with Gasteiger partial charge in [-0.15, -0.1) is 0 Å². The molecule has 106 valence electrons. The lowest BCUT2D eigenvalue weighted by Gasteiger charge is -2.40. The zero-order valence-corrected chi connectivity index (χ0v) is 11.9. The van der Waals surface area contributed by atoms with Gasteiger partial charge in [0, 0.05) is 25.7 Å². The summed E-state index contributed by atoms with van der Waals surface area (Å²) in [6.45, 7) is 2.51. The Kier molecular flexibility index (Phi) is 5.00. The smallest absolute Gasteiger partial charge is 0.282 e. The molecule has 1 aliphatic carbocycles. The Bertz CT molecular complexity index is 348. The van der Waals surface area contributed by atoms with Gasteiger partial charge in [-0.25, -0.2) is 0 Å². The predicted molar refractivity (Wildman–Crippen MR) is 72.4 cm³/mol. The van der Waals surface area contributed by atoms with Gasteiger partial charge in [-0.2, -0.15) is 17.0 Å². The third-order valence-electron chi connectivity index (χ3n) is 4.00. The molecule has 0 aromatic heterocycles. The summed E-state index contributed by atoms with van der Waals surface area (Å²) in [5.41, 5.74) is 5.52. The summed E-state index contributed by atoms with van der Waals surface area (Å²) in [4.78, 5) is 0. The van der Waals surface area contributed by atoms with Crippen molar-refractivity contribution in [2.45, 2.75) is 51.0 Å². The van der Waals surface area contributed by atoms with Gasteiger partial charge in [0.2, 0.25) is 0 Å². The van der Waals surface area contributed by atoms with Crippen molar-refractivity contribution in [1.29, 1.82) is 0 Å². The summed E-state index contributed by atoms with van der Waals surface area (Å²) >= 11 is 0. The van der Waals surface area contributed by atoms with Crippen LogP contribution in [0.25, 0.3) is 0 Å². The van der Waals surface area contributed by atoms with E-state index in [9.17, 15) is 8.42 Å². The van der Waals surface area contributed by atoms with Gasteiger partial charge in [0.1, 0.15) is 0 Å². The van der Waals surface area contributed by atoms with Crippen molar-refractivity contribution in [2.75, 3.05) is 26.2 Å². The average molecular weight is 275 g/mol. The lowest BCUT2D eigenvalue weighted by atomic mass is 9.93. The number of nitrogens with zero attached hydrogens (tertiary/aromatic N) is 2. The molecule has 2 rings (SSSR count). The van der Waals surface area contributed by atoms with E-state index in [-0.39, 0.29) is 6.04 Å². The maximum Gasteiger partial charge on any atom is 0.282 e. The Labute approximate surface area is 110 Å². The van der Waals surface area contributed by atoms with E-state index in [0.717, 1.165) is 44.9 Å². The molecular weight excluding hydrogens is 250 g/mol. The van der Waals surface area contributed by atoms with Crippen molar-refractivity contribution in [1.82, 2.24) is 8.61 Å². The van der Waals surface area contributed by atoms with Crippen LogP contribution in [-0.4, -0.2) is 49.2 Å². The minimum atomic E-state index is -3.25. The summed E-state index contributed by atoms with van der Waals surface area (Å²) in [7, 11) is -3.25. The number of nitrogens with two attached hydrogens (primary N) is 1. The van der Waals surface area contributed by atoms with Crippen molar-refractivity contribution >= 4 is 10.2 Å². The normalized spacial score (nSPS) is 23.2. The molecule has 1 saturated carbocycles. The fraction of sp³-hybridized carbons (Fsp3) is 1.00. The second-order valence-electron chi connectivity index (χ2n) is 5.31. The van der Waals surface area contributed by atoms with E-state index >= 15 is 0 Å². The fourth-order valence-electron chi connectivity index (χ4n) is 2.65. The fourth-order valence-corrected chi connectivity index (χ4v) is 4.62. The molecule has 0 atom stereocenters. The molecule has 0 bridgehead atoms. The van der Waals surface area contributed by atoms with E-state index in [4.69, 9.17) is 5.73 Å². The lowest BCUT2D eigenvalue weighted by molar-refractivity contribution is 0.198. The van der Waals surface area contributed by atoms with Gasteiger partial charge in [0.25, 0.3) is 10.2 Å². The van der Waals surface area contributed by atoms with E-state index in [2.05, 4.69) is 0 Å². The van der Waals surface area contributed by atoms with Crippen LogP contribution < -0.4 is 5.73 Å². The van der Waals surface area contributed by atoms with Gasteiger partial charge < -0.3 is 5.73 Å². The Balaban J connectivity index is 2.06. The van der Waals surface area contributed by atoms with Crippen molar-refractivity contribution in [3.05, 3.63) is 0 Å². The number of rotatable bonds is 6. The Morgan fingerprint density at radius 3 is 2.28 bits per heavy atom. The van der Waals surface area contributed by atoms with E-state index in [0.29, 0.717) is 26.2 Å². The first-order chi connectivity index (χ1) is 8.66. The average Bonchev–Trinajstić information content (AvgIpc) is 2.33. The molecule has 1 aliphatic heterocycles. The molecule has 1 saturated heterocycles. The predicted octanol–water partition coefficient (Wildman–Crippen LogP) is 0.920. The first kappa shape index (κ1) is 14.2. The number of piperidine rings is 1. The van der Waals surface area contributed by atoms with Gasteiger partial charge in [-0.1, -0.05) is 12.8 Å². The third kappa shape index (κ3) is 3.04. The van der Waals surface area contributed by atoms with Crippen LogP contribution in [-0.2, 0) is 10.2 Å². The Hall–Kier alpha value is -0.170. The molecule has 0 unspecified atom stereocenters. The molecule has 0 aromatic rings. The molecular formula is C12H25N3O2S. The van der Waals surface area contributed by atoms with Crippen molar-refractivity contribution in [3.8, 4) is 0 Å². The van der Waals surface area contributed by atoms with Crippen LogP contribution in [0, 0.1) is 0 Å². The summed E-state index contributed by atoms with van der Waals surface area (Å²) in [6, 6.07) is 0.225. The van der Waals surface area contributed by atoms with Crippen molar-refractivity contribution in [3.63, 3.8) is 0 Å². The topological polar surface area (TPSA) is 66.6 Å². The summed E-state index contributed by atoms with van der Waals surface area (Å²) < 4.78 is 28.7. The van der Waals surface area contributed by atoms with Crippen molar-refractivity contribution < 1.29 is 8.42 Å². The molecule has 0 radical (unpaired) electrons. The van der Waals surface area contributed by atoms with E-state index in [1.165, 1.54) is 0 Å². The second-order valence-corrected chi connectivity index (χ2v) is 7.19. The summed E-state index contributed by atoms with van der Waals surface area (Å²) in [6.07, 6.45) is 7.07. The highest BCUT2D eigenvalue weighted by molar-refractivity contribution is 7.86. The Morgan fingerprint density at radius 2 is 1.78 bits per heavy atom. The molecule has 2 fully saturated rings. The molecule has 0 amide bonds. The first-order valence-corrected chi connectivity index (χ1v) is 8.53. The molecule has 0 spiro atoms. The zero-order valence-electron chi connectivity index (χ0n) is 11.1. The molecule has 5 nitrogen and oxygen atoms in total. The van der Waals surface area contributed by atoms with Gasteiger partial charge in [0.05, 0.1) is 0 Å². The highest BCUT2D eigenvalue weighted by atomic mass is 32.2. The third-order valence-corrected chi connectivity index (χ3v) is 6.09. The minimum absolute atomic E-state index is 0.225. The van der Waals surface area contributed by atoms with Crippen LogP contribution in [0.3, 0.4) is 0 Å². The van der Waals surface area contributed by atoms with Crippen LogP contribution in [0.4, 0.5) is 0 Å². The Morgan fingerprint density at radius 1 is 1.11 bits per heavy atom. The molecule has 0 aromatic carbocycles. The summed E-state index contributed by atoms with van der Waals surface area (Å²) in [5, 5.41) is 0. The van der Waals surface area contributed by atoms with E-state index in [1.54, 1.807) is 8.61 Å². The highest BCUT2D eigenvalue weighted by Crippen LogP contribution is 2.29. The molecule has 2 N–H and O–H groups in total. The van der Waals surface area contributed by atoms with Gasteiger partial charge in [-0.3, -0.25) is 0 Å². The molecule has 1 heterocycles. The number of hydrogen-bond acceptors (Lipinski definition) is 3. The largest absolute Gasteiger partial charge is 0.330 e. The summed E-state index contributed by atoms with van der Waals surface area (Å²) in [5.74, 6) is 0. The minimum Gasteiger partial charge on any atom is -0.330 e. The van der Waals surface area contributed by atoms with Crippen molar-refractivity contribution in [2.24, 2.45) is 5.73 Å². The van der Waals surface area contributed by atoms with Gasteiger partial charge in [0.15, 0.2) is 0 Å². The SMILES string of the molecule is NCCCN(C1CCC1)S(=O)(=O)N1CCCCC1. The maximum absolute atomic E-state index is 12.6. The molecule has 2 aliphatic rings. The second kappa shape index (κ2) is 6.32. The van der Waals surface area contributed by atoms with E-state index < -0.39 is 10.2 Å². The van der Waals surface area contributed by atoms with E-state index in [1.807, 2.05) is 0 Å². The van der Waals surface area contributed by atoms with Crippen LogP contribution in [0.5, 0.6) is 0 Å². The van der Waals surface area contributed by atoms with Gasteiger partial charge >= 0.3 is 0 Å². The lowest BCUT2D eigenvalue weighted by Crippen LogP contribution is -2.52. The van der Waals surface area contributed by atoms with Crippen LogP contribution in [0.15, 0.2) is 0 Å². The quantitative estimate of drug-likeness (QED) is 0.784. The van der Waals surface area contributed by atoms with Crippen LogP contribution in [0.1, 0.15) is 44.9 Å². The molecule has 18 heavy (non-hydrogen) atoms. The standard InChI is InChI=1S/C12H25N3O2S/c13-8-5-11-15(12-6-4-7-12)18(16,17)14-9-2-1-3-10-14/h12H,1-11,13H2. The van der Waals surface area contributed by atoms with Gasteiger partial charge in [-0.05, 0) is 38.6 Å². The van der Waals surface area contributed by atoms with Crippen LogP contribution in [0.2, 0.25) is 0 Å².